The van der Waals surface area contributed by atoms with Crippen LogP contribution < -0.4 is 4.72 Å². The van der Waals surface area contributed by atoms with Crippen molar-refractivity contribution in [2.24, 2.45) is 0 Å². The highest BCUT2D eigenvalue weighted by molar-refractivity contribution is 7.88. The maximum atomic E-state index is 12.5. The number of sulfonamides is 1. The second-order valence-corrected chi connectivity index (χ2v) is 8.57. The van der Waals surface area contributed by atoms with Gasteiger partial charge < -0.3 is 14.1 Å². The Morgan fingerprint density at radius 2 is 2.08 bits per heavy atom. The smallest absolute Gasteiger partial charge is 0.257 e. The van der Waals surface area contributed by atoms with Crippen molar-refractivity contribution in [1.82, 2.24) is 9.62 Å². The number of carbonyl (C=O) groups excluding carboxylic acids is 1. The largest absolute Gasteiger partial charge is 0.469 e. The van der Waals surface area contributed by atoms with Gasteiger partial charge in [0.1, 0.15) is 5.76 Å². The second kappa shape index (κ2) is 6.50. The average Bonchev–Trinajstić information content (AvgIpc) is 2.92. The predicted molar refractivity (Wildman–Crippen MR) is 88.3 cm³/mol. The third kappa shape index (κ3) is 3.81. The number of hydrogen-bond donors (Lipinski definition) is 1. The van der Waals surface area contributed by atoms with Gasteiger partial charge in [-0.15, -0.1) is 0 Å². The lowest BCUT2D eigenvalue weighted by atomic mass is 9.82. The van der Waals surface area contributed by atoms with Crippen molar-refractivity contribution < 1.29 is 22.4 Å². The van der Waals surface area contributed by atoms with E-state index in [1.807, 2.05) is 4.90 Å². The SMILES string of the molecule is Cc1occc1C(=O)N1CCC2(CC1)C[C@@H](NS(C)(=O)=O)CCO2. The Balaban J connectivity index is 1.61. The van der Waals surface area contributed by atoms with E-state index in [4.69, 9.17) is 9.15 Å². The summed E-state index contributed by atoms with van der Waals surface area (Å²) in [5.41, 5.74) is 0.273. The number of carbonyl (C=O) groups is 1. The van der Waals surface area contributed by atoms with Gasteiger partial charge in [-0.25, -0.2) is 13.1 Å². The van der Waals surface area contributed by atoms with Crippen LogP contribution in [0, 0.1) is 6.92 Å². The first kappa shape index (κ1) is 17.4. The van der Waals surface area contributed by atoms with E-state index in [-0.39, 0.29) is 17.6 Å². The molecule has 8 heteroatoms. The van der Waals surface area contributed by atoms with Gasteiger partial charge in [0.2, 0.25) is 10.0 Å². The van der Waals surface area contributed by atoms with Gasteiger partial charge in [-0.1, -0.05) is 0 Å². The monoisotopic (exact) mass is 356 g/mol. The van der Waals surface area contributed by atoms with Gasteiger partial charge in [-0.2, -0.15) is 0 Å². The quantitative estimate of drug-likeness (QED) is 0.882. The Morgan fingerprint density at radius 3 is 2.67 bits per heavy atom. The molecule has 3 heterocycles. The number of piperidine rings is 1. The second-order valence-electron chi connectivity index (χ2n) is 6.79. The van der Waals surface area contributed by atoms with Crippen LogP contribution in [0.3, 0.4) is 0 Å². The molecule has 0 saturated carbocycles. The summed E-state index contributed by atoms with van der Waals surface area (Å²) >= 11 is 0. The normalized spacial score (nSPS) is 24.2. The predicted octanol–water partition coefficient (Wildman–Crippen LogP) is 1.29. The molecule has 1 aromatic rings. The van der Waals surface area contributed by atoms with Crippen molar-refractivity contribution in [2.45, 2.75) is 44.2 Å². The summed E-state index contributed by atoms with van der Waals surface area (Å²) in [6, 6.07) is 1.61. The number of nitrogens with zero attached hydrogens (tertiary/aromatic N) is 1. The molecule has 0 bridgehead atoms. The number of hydrogen-bond acceptors (Lipinski definition) is 5. The Hall–Kier alpha value is -1.38. The van der Waals surface area contributed by atoms with E-state index in [9.17, 15) is 13.2 Å². The zero-order valence-electron chi connectivity index (χ0n) is 14.1. The molecule has 2 saturated heterocycles. The first-order chi connectivity index (χ1) is 11.3. The number of nitrogens with one attached hydrogen (secondary N) is 1. The van der Waals surface area contributed by atoms with Gasteiger partial charge in [0.15, 0.2) is 0 Å². The zero-order valence-corrected chi connectivity index (χ0v) is 14.9. The molecular formula is C16H24N2O5S. The van der Waals surface area contributed by atoms with Crippen LogP contribution in [0.25, 0.3) is 0 Å². The van der Waals surface area contributed by atoms with Crippen LogP contribution in [0.1, 0.15) is 41.8 Å². The maximum Gasteiger partial charge on any atom is 0.257 e. The number of likely N-dealkylation sites (tertiary alicyclic amines) is 1. The van der Waals surface area contributed by atoms with Crippen molar-refractivity contribution in [3.8, 4) is 0 Å². The van der Waals surface area contributed by atoms with Crippen LogP contribution in [-0.2, 0) is 14.8 Å². The van der Waals surface area contributed by atoms with Crippen LogP contribution >= 0.6 is 0 Å². The van der Waals surface area contributed by atoms with Crippen molar-refractivity contribution in [3.63, 3.8) is 0 Å². The number of aryl methyl sites for hydroxylation is 1. The fraction of sp³-hybridized carbons (Fsp3) is 0.688. The molecule has 1 N–H and O–H groups in total. The molecule has 1 amide bonds. The van der Waals surface area contributed by atoms with Crippen LogP contribution in [0.5, 0.6) is 0 Å². The van der Waals surface area contributed by atoms with Gasteiger partial charge in [0.05, 0.1) is 23.7 Å². The fourth-order valence-electron chi connectivity index (χ4n) is 3.67. The topological polar surface area (TPSA) is 88.9 Å². The molecular weight excluding hydrogens is 332 g/mol. The summed E-state index contributed by atoms with van der Waals surface area (Å²) in [5.74, 6) is 0.615. The molecule has 2 fully saturated rings. The van der Waals surface area contributed by atoms with Crippen LogP contribution in [-0.4, -0.2) is 56.8 Å². The zero-order chi connectivity index (χ0) is 17.4. The van der Waals surface area contributed by atoms with E-state index in [0.717, 1.165) is 12.8 Å². The van der Waals surface area contributed by atoms with Crippen molar-refractivity contribution in [2.75, 3.05) is 26.0 Å². The first-order valence-electron chi connectivity index (χ1n) is 8.23. The summed E-state index contributed by atoms with van der Waals surface area (Å²) in [5, 5.41) is 0. The summed E-state index contributed by atoms with van der Waals surface area (Å²) in [6.07, 6.45) is 5.50. The van der Waals surface area contributed by atoms with E-state index in [1.54, 1.807) is 13.0 Å². The molecule has 134 valence electrons. The van der Waals surface area contributed by atoms with E-state index < -0.39 is 10.0 Å². The van der Waals surface area contributed by atoms with Gasteiger partial charge in [-0.05, 0) is 38.7 Å². The molecule has 0 radical (unpaired) electrons. The molecule has 0 aromatic carbocycles. The van der Waals surface area contributed by atoms with E-state index in [1.165, 1.54) is 12.5 Å². The van der Waals surface area contributed by atoms with Crippen molar-refractivity contribution in [3.05, 3.63) is 23.7 Å². The summed E-state index contributed by atoms with van der Waals surface area (Å²) in [4.78, 5) is 14.4. The van der Waals surface area contributed by atoms with Crippen LogP contribution in [0.2, 0.25) is 0 Å². The van der Waals surface area contributed by atoms with Crippen LogP contribution in [0.15, 0.2) is 16.7 Å². The highest BCUT2D eigenvalue weighted by Gasteiger charge is 2.42. The van der Waals surface area contributed by atoms with Gasteiger partial charge >= 0.3 is 0 Å². The molecule has 24 heavy (non-hydrogen) atoms. The van der Waals surface area contributed by atoms with Crippen molar-refractivity contribution in [1.29, 1.82) is 0 Å². The van der Waals surface area contributed by atoms with Gasteiger partial charge in [0.25, 0.3) is 5.91 Å². The molecule has 1 atom stereocenters. The molecule has 2 aliphatic heterocycles. The number of furan rings is 1. The maximum absolute atomic E-state index is 12.5. The summed E-state index contributed by atoms with van der Waals surface area (Å²) in [7, 11) is -3.22. The van der Waals surface area contributed by atoms with Gasteiger partial charge in [0, 0.05) is 25.7 Å². The number of rotatable bonds is 3. The number of amides is 1. The molecule has 2 aliphatic rings. The Morgan fingerprint density at radius 1 is 1.38 bits per heavy atom. The minimum Gasteiger partial charge on any atom is -0.469 e. The first-order valence-corrected chi connectivity index (χ1v) is 10.1. The minimum absolute atomic E-state index is 0.0160. The third-order valence-corrected chi connectivity index (χ3v) is 5.69. The third-order valence-electron chi connectivity index (χ3n) is 4.92. The van der Waals surface area contributed by atoms with E-state index in [2.05, 4.69) is 4.72 Å². The summed E-state index contributed by atoms with van der Waals surface area (Å²) < 4.78 is 36.8. The minimum atomic E-state index is -3.22. The highest BCUT2D eigenvalue weighted by Crippen LogP contribution is 2.35. The van der Waals surface area contributed by atoms with E-state index in [0.29, 0.717) is 43.9 Å². The lowest BCUT2D eigenvalue weighted by Crippen LogP contribution is -2.54. The molecule has 1 spiro atoms. The molecule has 0 aliphatic carbocycles. The summed E-state index contributed by atoms with van der Waals surface area (Å²) in [6.45, 7) is 3.54. The van der Waals surface area contributed by atoms with Gasteiger partial charge in [-0.3, -0.25) is 4.79 Å². The van der Waals surface area contributed by atoms with E-state index >= 15 is 0 Å². The van der Waals surface area contributed by atoms with Crippen LogP contribution in [0.4, 0.5) is 0 Å². The Labute approximate surface area is 142 Å². The average molecular weight is 356 g/mol. The molecule has 0 unspecified atom stereocenters. The Kier molecular flexibility index (Phi) is 4.72. The molecule has 1 aromatic heterocycles. The molecule has 7 nitrogen and oxygen atoms in total. The number of ether oxygens (including phenoxy) is 1. The fourth-order valence-corrected chi connectivity index (χ4v) is 4.48. The lowest BCUT2D eigenvalue weighted by molar-refractivity contribution is -0.113. The standard InChI is InChI=1S/C16H24N2O5S/c1-12-14(4-9-22-12)15(19)18-7-5-16(6-8-18)11-13(3-10-23-16)17-24(2,20)21/h4,9,13,17H,3,5-8,10-11H2,1-2H3/t13-/m0/s1. The Bertz CT molecular complexity index is 704. The lowest BCUT2D eigenvalue weighted by Gasteiger charge is -2.46. The molecule has 3 rings (SSSR count). The van der Waals surface area contributed by atoms with Crippen molar-refractivity contribution >= 4 is 15.9 Å². The highest BCUT2D eigenvalue weighted by atomic mass is 32.2.